The number of para-hydroxylation sites is 2. The number of aromatic nitrogens is 3. The van der Waals surface area contributed by atoms with E-state index in [4.69, 9.17) is 0 Å². The van der Waals surface area contributed by atoms with Crippen LogP contribution in [0.3, 0.4) is 0 Å². The van der Waals surface area contributed by atoms with Crippen molar-refractivity contribution in [1.82, 2.24) is 24.0 Å². The minimum absolute atomic E-state index is 0.0131. The molecule has 3 aromatic rings. The molecule has 0 saturated carbocycles. The van der Waals surface area contributed by atoms with Gasteiger partial charge in [-0.15, -0.1) is 0 Å². The van der Waals surface area contributed by atoms with Crippen molar-refractivity contribution in [2.24, 2.45) is 0 Å². The van der Waals surface area contributed by atoms with E-state index in [1.807, 2.05) is 33.6 Å². The lowest BCUT2D eigenvalue weighted by molar-refractivity contribution is 0.0724. The molecule has 7 heteroatoms. The van der Waals surface area contributed by atoms with Crippen molar-refractivity contribution in [3.63, 3.8) is 0 Å². The molecular formula is C13H13N5OS. The predicted molar refractivity (Wildman–Crippen MR) is 77.1 cm³/mol. The normalized spacial score (nSPS) is 16.1. The standard InChI is InChI=1S/C13H13N5OS/c19-12(17-7-5-14-6-8-17)11-16-20-13-15-9-3-1-2-4-10(9)18(11)13/h1-4,14H,5-8H2. The van der Waals surface area contributed by atoms with Crippen molar-refractivity contribution in [3.05, 3.63) is 30.1 Å². The van der Waals surface area contributed by atoms with Crippen LogP contribution in [0.15, 0.2) is 24.3 Å². The molecule has 1 aliphatic heterocycles. The Balaban J connectivity index is 1.84. The molecule has 1 aliphatic rings. The Morgan fingerprint density at radius 1 is 1.25 bits per heavy atom. The Morgan fingerprint density at radius 3 is 2.90 bits per heavy atom. The van der Waals surface area contributed by atoms with Gasteiger partial charge in [-0.05, 0) is 12.1 Å². The van der Waals surface area contributed by atoms with E-state index >= 15 is 0 Å². The maximum atomic E-state index is 12.6. The number of benzene rings is 1. The molecule has 20 heavy (non-hydrogen) atoms. The summed E-state index contributed by atoms with van der Waals surface area (Å²) in [5.74, 6) is 0.460. The number of piperazine rings is 1. The van der Waals surface area contributed by atoms with E-state index in [9.17, 15) is 4.79 Å². The highest BCUT2D eigenvalue weighted by Gasteiger charge is 2.24. The van der Waals surface area contributed by atoms with Crippen LogP contribution in [0.1, 0.15) is 10.6 Å². The highest BCUT2D eigenvalue weighted by Crippen LogP contribution is 2.21. The molecule has 0 unspecified atom stereocenters. The number of fused-ring (bicyclic) bond motifs is 3. The van der Waals surface area contributed by atoms with Crippen LogP contribution in [-0.2, 0) is 0 Å². The lowest BCUT2D eigenvalue weighted by Gasteiger charge is -2.26. The van der Waals surface area contributed by atoms with Gasteiger partial charge >= 0.3 is 0 Å². The van der Waals surface area contributed by atoms with Gasteiger partial charge in [0.05, 0.1) is 11.0 Å². The fraction of sp³-hybridized carbons (Fsp3) is 0.308. The molecule has 0 bridgehead atoms. The smallest absolute Gasteiger partial charge is 0.291 e. The van der Waals surface area contributed by atoms with E-state index in [2.05, 4.69) is 14.7 Å². The van der Waals surface area contributed by atoms with Gasteiger partial charge in [0.15, 0.2) is 0 Å². The Kier molecular flexibility index (Phi) is 2.68. The van der Waals surface area contributed by atoms with Gasteiger partial charge in [-0.2, -0.15) is 4.37 Å². The third-order valence-electron chi connectivity index (χ3n) is 3.55. The van der Waals surface area contributed by atoms with Crippen LogP contribution in [0.2, 0.25) is 0 Å². The van der Waals surface area contributed by atoms with Crippen LogP contribution >= 0.6 is 11.5 Å². The minimum Gasteiger partial charge on any atom is -0.333 e. The van der Waals surface area contributed by atoms with E-state index in [0.29, 0.717) is 5.82 Å². The molecule has 0 atom stereocenters. The van der Waals surface area contributed by atoms with E-state index in [0.717, 1.165) is 42.2 Å². The Morgan fingerprint density at radius 2 is 2.05 bits per heavy atom. The topological polar surface area (TPSA) is 62.5 Å². The number of rotatable bonds is 1. The molecule has 2 aromatic heterocycles. The monoisotopic (exact) mass is 287 g/mol. The van der Waals surface area contributed by atoms with Crippen molar-refractivity contribution in [3.8, 4) is 0 Å². The van der Waals surface area contributed by atoms with Crippen LogP contribution in [0.4, 0.5) is 0 Å². The second-order valence-corrected chi connectivity index (χ2v) is 5.50. The molecule has 6 nitrogen and oxygen atoms in total. The molecule has 1 amide bonds. The molecule has 0 radical (unpaired) electrons. The van der Waals surface area contributed by atoms with Gasteiger partial charge in [0.25, 0.3) is 5.91 Å². The first-order chi connectivity index (χ1) is 9.84. The largest absolute Gasteiger partial charge is 0.333 e. The number of hydrogen-bond acceptors (Lipinski definition) is 5. The number of carbonyl (C=O) groups is 1. The zero-order valence-electron chi connectivity index (χ0n) is 10.7. The second-order valence-electron chi connectivity index (χ2n) is 4.77. The lowest BCUT2D eigenvalue weighted by atomic mass is 10.3. The molecule has 1 N–H and O–H groups in total. The van der Waals surface area contributed by atoms with Crippen LogP contribution in [0.5, 0.6) is 0 Å². The van der Waals surface area contributed by atoms with Gasteiger partial charge in [0.2, 0.25) is 10.8 Å². The third kappa shape index (κ3) is 1.70. The van der Waals surface area contributed by atoms with Crippen molar-refractivity contribution >= 4 is 33.4 Å². The van der Waals surface area contributed by atoms with Crippen LogP contribution in [-0.4, -0.2) is 50.7 Å². The second kappa shape index (κ2) is 4.53. The summed E-state index contributed by atoms with van der Waals surface area (Å²) in [6.45, 7) is 3.13. The summed E-state index contributed by atoms with van der Waals surface area (Å²) >= 11 is 1.27. The molecule has 4 rings (SSSR count). The number of amides is 1. The van der Waals surface area contributed by atoms with Gasteiger partial charge in [-0.25, -0.2) is 4.98 Å². The molecule has 0 spiro atoms. The first-order valence-electron chi connectivity index (χ1n) is 6.57. The molecular weight excluding hydrogens is 274 g/mol. The van der Waals surface area contributed by atoms with Crippen molar-refractivity contribution in [1.29, 1.82) is 0 Å². The summed E-state index contributed by atoms with van der Waals surface area (Å²) in [6, 6.07) is 7.82. The first-order valence-corrected chi connectivity index (χ1v) is 7.35. The van der Waals surface area contributed by atoms with Crippen molar-refractivity contribution in [2.45, 2.75) is 0 Å². The van der Waals surface area contributed by atoms with Gasteiger partial charge in [0, 0.05) is 37.7 Å². The van der Waals surface area contributed by atoms with Gasteiger partial charge in [-0.3, -0.25) is 9.20 Å². The molecule has 0 aliphatic carbocycles. The average Bonchev–Trinajstić information content (AvgIpc) is 3.06. The van der Waals surface area contributed by atoms with E-state index < -0.39 is 0 Å². The summed E-state index contributed by atoms with van der Waals surface area (Å²) in [6.07, 6.45) is 0. The summed E-state index contributed by atoms with van der Waals surface area (Å²) in [5.41, 5.74) is 1.84. The van der Waals surface area contributed by atoms with Gasteiger partial charge in [-0.1, -0.05) is 12.1 Å². The molecule has 1 fully saturated rings. The summed E-state index contributed by atoms with van der Waals surface area (Å²) in [5, 5.41) is 3.25. The number of hydrogen-bond donors (Lipinski definition) is 1. The van der Waals surface area contributed by atoms with E-state index in [1.54, 1.807) is 0 Å². The third-order valence-corrected chi connectivity index (χ3v) is 4.25. The highest BCUT2D eigenvalue weighted by molar-refractivity contribution is 7.11. The Hall–Kier alpha value is -1.99. The number of carbonyl (C=O) groups excluding carboxylic acids is 1. The van der Waals surface area contributed by atoms with Crippen LogP contribution < -0.4 is 5.32 Å². The van der Waals surface area contributed by atoms with Gasteiger partial charge < -0.3 is 10.2 Å². The maximum absolute atomic E-state index is 12.6. The first kappa shape index (κ1) is 11.8. The maximum Gasteiger partial charge on any atom is 0.291 e. The Labute approximate surface area is 119 Å². The van der Waals surface area contributed by atoms with Crippen molar-refractivity contribution < 1.29 is 4.79 Å². The summed E-state index contributed by atoms with van der Waals surface area (Å²) in [4.78, 5) is 19.7. The minimum atomic E-state index is -0.0131. The van der Waals surface area contributed by atoms with Crippen LogP contribution in [0.25, 0.3) is 16.0 Å². The zero-order valence-corrected chi connectivity index (χ0v) is 11.6. The summed E-state index contributed by atoms with van der Waals surface area (Å²) in [7, 11) is 0. The molecule has 3 heterocycles. The molecule has 1 saturated heterocycles. The zero-order chi connectivity index (χ0) is 13.5. The Bertz CT molecular complexity index is 786. The van der Waals surface area contributed by atoms with Gasteiger partial charge in [0.1, 0.15) is 0 Å². The van der Waals surface area contributed by atoms with Crippen LogP contribution in [0, 0.1) is 0 Å². The summed E-state index contributed by atoms with van der Waals surface area (Å²) < 4.78 is 6.18. The lowest BCUT2D eigenvalue weighted by Crippen LogP contribution is -2.46. The predicted octanol–water partition coefficient (Wildman–Crippen LogP) is 0.989. The fourth-order valence-corrected chi connectivity index (χ4v) is 3.27. The quantitative estimate of drug-likeness (QED) is 0.725. The number of nitrogens with one attached hydrogen (secondary N) is 1. The number of nitrogens with zero attached hydrogens (tertiary/aromatic N) is 4. The highest BCUT2D eigenvalue weighted by atomic mass is 32.1. The van der Waals surface area contributed by atoms with E-state index in [-0.39, 0.29) is 5.91 Å². The SMILES string of the molecule is O=C(c1nsc2nc3ccccc3n12)N1CCNCC1. The van der Waals surface area contributed by atoms with E-state index in [1.165, 1.54) is 11.5 Å². The average molecular weight is 287 g/mol. The number of imidazole rings is 1. The molecule has 1 aromatic carbocycles. The fourth-order valence-electron chi connectivity index (χ4n) is 2.54. The van der Waals surface area contributed by atoms with Crippen molar-refractivity contribution in [2.75, 3.05) is 26.2 Å². The molecule has 102 valence electrons.